The first-order valence-electron chi connectivity index (χ1n) is 5.62. The molecule has 19 heavy (non-hydrogen) atoms. The van der Waals surface area contributed by atoms with Gasteiger partial charge in [0.05, 0.1) is 12.6 Å². The average molecular weight is 268 g/mol. The van der Waals surface area contributed by atoms with E-state index < -0.39 is 30.6 Å². The van der Waals surface area contributed by atoms with E-state index in [9.17, 15) is 9.59 Å². The summed E-state index contributed by atoms with van der Waals surface area (Å²) in [5.41, 5.74) is 6.41. The quantitative estimate of drug-likeness (QED) is 0.441. The molecule has 0 aliphatic heterocycles. The van der Waals surface area contributed by atoms with Crippen molar-refractivity contribution in [1.29, 1.82) is 0 Å². The number of carbonyl (C=O) groups is 2. The second-order valence-corrected chi connectivity index (χ2v) is 4.08. The molecule has 0 radical (unpaired) electrons. The Labute approximate surface area is 109 Å². The summed E-state index contributed by atoms with van der Waals surface area (Å²) in [6, 6.07) is 5.37. The maximum Gasteiger partial charge on any atom is 0.334 e. The van der Waals surface area contributed by atoms with Crippen molar-refractivity contribution < 1.29 is 24.9 Å². The molecule has 1 amide bonds. The first-order chi connectivity index (χ1) is 8.90. The molecule has 0 aliphatic rings. The number of aromatic hydroxyl groups is 1. The summed E-state index contributed by atoms with van der Waals surface area (Å²) in [7, 11) is 0. The van der Waals surface area contributed by atoms with Crippen molar-refractivity contribution in [3.8, 4) is 5.75 Å². The highest BCUT2D eigenvalue weighted by Gasteiger charge is 2.18. The average Bonchev–Trinajstić information content (AvgIpc) is 2.37. The summed E-state index contributed by atoms with van der Waals surface area (Å²) in [4.78, 5) is 21.9. The van der Waals surface area contributed by atoms with Gasteiger partial charge >= 0.3 is 5.97 Å². The Kier molecular flexibility index (Phi) is 5.28. The van der Waals surface area contributed by atoms with Gasteiger partial charge in [0.2, 0.25) is 5.91 Å². The minimum Gasteiger partial charge on any atom is -0.508 e. The molecule has 2 unspecified atom stereocenters. The Morgan fingerprint density at radius 3 is 2.37 bits per heavy atom. The van der Waals surface area contributed by atoms with Crippen molar-refractivity contribution in [2.45, 2.75) is 18.6 Å². The van der Waals surface area contributed by atoms with Gasteiger partial charge in [-0.05, 0) is 24.1 Å². The van der Waals surface area contributed by atoms with Crippen LogP contribution in [0.3, 0.4) is 0 Å². The molecule has 2 atom stereocenters. The number of nitrogens with one attached hydrogen (secondary N) is 1. The van der Waals surface area contributed by atoms with Crippen LogP contribution in [0.25, 0.3) is 0 Å². The van der Waals surface area contributed by atoms with Gasteiger partial charge in [0.15, 0.2) is 6.10 Å². The lowest BCUT2D eigenvalue weighted by atomic mass is 10.1. The number of carbonyl (C=O) groups excluding carboxylic acids is 1. The van der Waals surface area contributed by atoms with Gasteiger partial charge in [0.25, 0.3) is 0 Å². The molecule has 0 heterocycles. The fourth-order valence-electron chi connectivity index (χ4n) is 1.39. The van der Waals surface area contributed by atoms with E-state index >= 15 is 0 Å². The van der Waals surface area contributed by atoms with E-state index in [4.69, 9.17) is 21.1 Å². The number of hydrogen-bond donors (Lipinski definition) is 5. The van der Waals surface area contributed by atoms with Crippen molar-refractivity contribution in [1.82, 2.24) is 5.32 Å². The number of amides is 1. The van der Waals surface area contributed by atoms with Gasteiger partial charge in [-0.3, -0.25) is 4.79 Å². The molecule has 0 aliphatic carbocycles. The highest BCUT2D eigenvalue weighted by atomic mass is 16.4. The Morgan fingerprint density at radius 2 is 1.84 bits per heavy atom. The van der Waals surface area contributed by atoms with E-state index in [1.807, 2.05) is 0 Å². The molecular formula is C12H16N2O5. The summed E-state index contributed by atoms with van der Waals surface area (Å²) in [5.74, 6) is -1.84. The van der Waals surface area contributed by atoms with Gasteiger partial charge in [-0.25, -0.2) is 4.79 Å². The SMILES string of the molecule is NC(Cc1ccc(O)cc1)C(=O)NCC(O)C(=O)O. The third kappa shape index (κ3) is 4.94. The Bertz CT molecular complexity index is 446. The number of phenols is 1. The van der Waals surface area contributed by atoms with Gasteiger partial charge in [0.1, 0.15) is 5.75 Å². The molecule has 6 N–H and O–H groups in total. The van der Waals surface area contributed by atoms with E-state index in [1.54, 1.807) is 12.1 Å². The number of benzene rings is 1. The van der Waals surface area contributed by atoms with Gasteiger partial charge in [-0.15, -0.1) is 0 Å². The van der Waals surface area contributed by atoms with Crippen LogP contribution in [0.4, 0.5) is 0 Å². The van der Waals surface area contributed by atoms with E-state index in [0.717, 1.165) is 5.56 Å². The number of carboxylic acid groups (broad SMARTS) is 1. The van der Waals surface area contributed by atoms with Crippen LogP contribution in [0.15, 0.2) is 24.3 Å². The molecule has 0 saturated carbocycles. The second-order valence-electron chi connectivity index (χ2n) is 4.08. The lowest BCUT2D eigenvalue weighted by Gasteiger charge is -2.13. The molecule has 0 saturated heterocycles. The lowest BCUT2D eigenvalue weighted by molar-refractivity contribution is -0.146. The maximum absolute atomic E-state index is 11.6. The first kappa shape index (κ1) is 14.9. The molecule has 0 bridgehead atoms. The minimum atomic E-state index is -1.65. The van der Waals surface area contributed by atoms with Crippen molar-refractivity contribution in [3.63, 3.8) is 0 Å². The standard InChI is InChI=1S/C12H16N2O5/c13-9(5-7-1-3-8(15)4-2-7)11(17)14-6-10(16)12(18)19/h1-4,9-10,15-16H,5-6,13H2,(H,14,17)(H,18,19). The predicted molar refractivity (Wildman–Crippen MR) is 66.4 cm³/mol. The summed E-state index contributed by atoms with van der Waals surface area (Å²) >= 11 is 0. The smallest absolute Gasteiger partial charge is 0.334 e. The number of nitrogens with two attached hydrogens (primary N) is 1. The molecule has 104 valence electrons. The van der Waals surface area contributed by atoms with E-state index in [-0.39, 0.29) is 12.2 Å². The molecule has 1 aromatic carbocycles. The number of rotatable bonds is 6. The van der Waals surface area contributed by atoms with Crippen LogP contribution in [0.5, 0.6) is 5.75 Å². The van der Waals surface area contributed by atoms with Crippen LogP contribution in [0.2, 0.25) is 0 Å². The first-order valence-corrected chi connectivity index (χ1v) is 5.62. The van der Waals surface area contributed by atoms with E-state index in [2.05, 4.69) is 5.32 Å². The zero-order valence-electron chi connectivity index (χ0n) is 10.1. The maximum atomic E-state index is 11.6. The Balaban J connectivity index is 2.44. The van der Waals surface area contributed by atoms with Crippen LogP contribution < -0.4 is 11.1 Å². The highest BCUT2D eigenvalue weighted by molar-refractivity contribution is 5.82. The molecule has 1 rings (SSSR count). The Hall–Kier alpha value is -2.12. The van der Waals surface area contributed by atoms with Gasteiger partial charge < -0.3 is 26.4 Å². The molecular weight excluding hydrogens is 252 g/mol. The van der Waals surface area contributed by atoms with Crippen molar-refractivity contribution in [3.05, 3.63) is 29.8 Å². The molecule has 0 aromatic heterocycles. The van der Waals surface area contributed by atoms with E-state index in [1.165, 1.54) is 12.1 Å². The highest BCUT2D eigenvalue weighted by Crippen LogP contribution is 2.10. The number of carboxylic acids is 1. The zero-order chi connectivity index (χ0) is 14.4. The van der Waals surface area contributed by atoms with Crippen molar-refractivity contribution >= 4 is 11.9 Å². The summed E-state index contributed by atoms with van der Waals surface area (Å²) in [6.07, 6.45) is -1.40. The third-order valence-electron chi connectivity index (χ3n) is 2.48. The van der Waals surface area contributed by atoms with Crippen LogP contribution in [-0.2, 0) is 16.0 Å². The summed E-state index contributed by atoms with van der Waals surface area (Å²) in [6.45, 7) is -0.391. The number of hydrogen-bond acceptors (Lipinski definition) is 5. The molecule has 7 heteroatoms. The molecule has 1 aromatic rings. The molecule has 0 spiro atoms. The number of aliphatic hydroxyl groups excluding tert-OH is 1. The van der Waals surface area contributed by atoms with Crippen LogP contribution in [0.1, 0.15) is 5.56 Å². The van der Waals surface area contributed by atoms with Gasteiger partial charge in [-0.1, -0.05) is 12.1 Å². The largest absolute Gasteiger partial charge is 0.508 e. The fourth-order valence-corrected chi connectivity index (χ4v) is 1.39. The number of aliphatic hydroxyl groups is 1. The topological polar surface area (TPSA) is 133 Å². The number of phenolic OH excluding ortho intramolecular Hbond substituents is 1. The predicted octanol–water partition coefficient (Wildman–Crippen LogP) is -1.18. The second kappa shape index (κ2) is 6.72. The normalized spacial score (nSPS) is 13.6. The van der Waals surface area contributed by atoms with E-state index in [0.29, 0.717) is 0 Å². The monoisotopic (exact) mass is 268 g/mol. The van der Waals surface area contributed by atoms with Gasteiger partial charge in [-0.2, -0.15) is 0 Å². The zero-order valence-corrected chi connectivity index (χ0v) is 10.1. The lowest BCUT2D eigenvalue weighted by Crippen LogP contribution is -2.45. The van der Waals surface area contributed by atoms with Crippen LogP contribution in [0, 0.1) is 0 Å². The minimum absolute atomic E-state index is 0.117. The summed E-state index contributed by atoms with van der Waals surface area (Å²) < 4.78 is 0. The third-order valence-corrected chi connectivity index (χ3v) is 2.48. The summed E-state index contributed by atoms with van der Waals surface area (Å²) in [5, 5.41) is 28.8. The van der Waals surface area contributed by atoms with Crippen molar-refractivity contribution in [2.24, 2.45) is 5.73 Å². The molecule has 0 fully saturated rings. The van der Waals surface area contributed by atoms with Gasteiger partial charge in [0, 0.05) is 0 Å². The Morgan fingerprint density at radius 1 is 1.26 bits per heavy atom. The van der Waals surface area contributed by atoms with Crippen molar-refractivity contribution in [2.75, 3.05) is 6.54 Å². The number of aliphatic carboxylic acids is 1. The molecule has 7 nitrogen and oxygen atoms in total. The van der Waals surface area contributed by atoms with Crippen LogP contribution >= 0.6 is 0 Å². The van der Waals surface area contributed by atoms with Crippen LogP contribution in [-0.4, -0.2) is 45.9 Å². The fraction of sp³-hybridized carbons (Fsp3) is 0.333.